The number of hydrogen-bond acceptors (Lipinski definition) is 6. The number of carbonyl (C=O) groups excluding carboxylic acids is 2. The molecule has 9 nitrogen and oxygen atoms in total. The minimum Gasteiger partial charge on any atom is -0.507 e. The summed E-state index contributed by atoms with van der Waals surface area (Å²) in [5, 5.41) is 23.5. The largest absolute Gasteiger partial charge is 0.507 e. The van der Waals surface area contributed by atoms with E-state index in [2.05, 4.69) is 5.32 Å². The topological polar surface area (TPSA) is 122 Å². The fraction of sp³-hybridized carbons (Fsp3) is 0.391. The minimum absolute atomic E-state index is 0.108. The van der Waals surface area contributed by atoms with Crippen LogP contribution in [0.3, 0.4) is 0 Å². The van der Waals surface area contributed by atoms with Crippen molar-refractivity contribution in [3.63, 3.8) is 0 Å². The van der Waals surface area contributed by atoms with Crippen molar-refractivity contribution in [3.8, 4) is 11.5 Å². The Morgan fingerprint density at radius 3 is 2.36 bits per heavy atom. The molecule has 10 heteroatoms. The number of rotatable bonds is 7. The fourth-order valence-corrected chi connectivity index (χ4v) is 3.65. The van der Waals surface area contributed by atoms with Crippen LogP contribution in [0.1, 0.15) is 37.0 Å². The summed E-state index contributed by atoms with van der Waals surface area (Å²) >= 11 is 0. The van der Waals surface area contributed by atoms with Gasteiger partial charge >= 0.3 is 0 Å². The average Bonchev–Trinajstić information content (AvgIpc) is 2.78. The number of benzene rings is 2. The van der Waals surface area contributed by atoms with Gasteiger partial charge in [-0.3, -0.25) is 19.7 Å². The number of phenolic OH excluding ortho intramolecular Hbond substituents is 1. The Kier molecular flexibility index (Phi) is 7.47. The summed E-state index contributed by atoms with van der Waals surface area (Å²) in [5.41, 5.74) is -0.489. The first-order valence-corrected chi connectivity index (χ1v) is 10.6. The Hall–Kier alpha value is -3.69. The molecule has 0 spiro atoms. The van der Waals surface area contributed by atoms with Gasteiger partial charge in [0.05, 0.1) is 16.6 Å². The Labute approximate surface area is 190 Å². The van der Waals surface area contributed by atoms with Crippen LogP contribution in [0, 0.1) is 21.8 Å². The number of aromatic hydroxyl groups is 1. The first-order chi connectivity index (χ1) is 15.7. The number of nitrogens with zero attached hydrogens (tertiary/aromatic N) is 2. The van der Waals surface area contributed by atoms with E-state index >= 15 is 0 Å². The lowest BCUT2D eigenvalue weighted by Gasteiger charge is -2.35. The van der Waals surface area contributed by atoms with E-state index in [0.717, 1.165) is 18.2 Å². The molecule has 0 saturated carbocycles. The lowest BCUT2D eigenvalue weighted by Crippen LogP contribution is -2.53. The van der Waals surface area contributed by atoms with Gasteiger partial charge in [-0.2, -0.15) is 0 Å². The van der Waals surface area contributed by atoms with E-state index in [9.17, 15) is 29.2 Å². The molecule has 0 radical (unpaired) electrons. The molecule has 176 valence electrons. The maximum atomic E-state index is 13.1. The zero-order valence-electron chi connectivity index (χ0n) is 18.4. The van der Waals surface area contributed by atoms with Crippen LogP contribution in [-0.4, -0.2) is 52.0 Å². The number of halogens is 1. The third-order valence-electron chi connectivity index (χ3n) is 5.53. The van der Waals surface area contributed by atoms with E-state index in [1.807, 2.05) is 0 Å². The number of amides is 2. The van der Waals surface area contributed by atoms with Crippen LogP contribution in [-0.2, 0) is 4.79 Å². The van der Waals surface area contributed by atoms with E-state index in [-0.39, 0.29) is 35.0 Å². The lowest BCUT2D eigenvalue weighted by atomic mass is 9.99. The van der Waals surface area contributed by atoms with Crippen molar-refractivity contribution in [2.24, 2.45) is 5.92 Å². The Balaban J connectivity index is 1.60. The van der Waals surface area contributed by atoms with Crippen LogP contribution in [0.2, 0.25) is 0 Å². The number of ether oxygens (including phenoxy) is 1. The second-order valence-corrected chi connectivity index (χ2v) is 8.25. The van der Waals surface area contributed by atoms with Crippen LogP contribution >= 0.6 is 0 Å². The SMILES string of the molecule is CC(C)[C@H](NC(=O)c1ccc([N+](=O)[O-])cc1O)C(=O)N1CCC(Oc2ccc(F)cc2)CC1. The molecule has 1 atom stereocenters. The fourth-order valence-electron chi connectivity index (χ4n) is 3.65. The lowest BCUT2D eigenvalue weighted by molar-refractivity contribution is -0.384. The maximum Gasteiger partial charge on any atom is 0.273 e. The number of likely N-dealkylation sites (tertiary alicyclic amines) is 1. The highest BCUT2D eigenvalue weighted by molar-refractivity contribution is 5.99. The second kappa shape index (κ2) is 10.3. The molecule has 1 aliphatic rings. The summed E-state index contributed by atoms with van der Waals surface area (Å²) in [6, 6.07) is 8.11. The van der Waals surface area contributed by atoms with Gasteiger partial charge in [-0.05, 0) is 36.2 Å². The van der Waals surface area contributed by atoms with Gasteiger partial charge in [-0.1, -0.05) is 13.8 Å². The summed E-state index contributed by atoms with van der Waals surface area (Å²) in [6.07, 6.45) is 1.07. The number of nitrogens with one attached hydrogen (secondary N) is 1. The first-order valence-electron chi connectivity index (χ1n) is 10.6. The van der Waals surface area contributed by atoms with Crippen molar-refractivity contribution in [2.45, 2.75) is 38.8 Å². The summed E-state index contributed by atoms with van der Waals surface area (Å²) in [7, 11) is 0. The van der Waals surface area contributed by atoms with E-state index in [1.54, 1.807) is 30.9 Å². The van der Waals surface area contributed by atoms with Crippen molar-refractivity contribution in [2.75, 3.05) is 13.1 Å². The van der Waals surface area contributed by atoms with Crippen molar-refractivity contribution in [1.82, 2.24) is 10.2 Å². The van der Waals surface area contributed by atoms with Gasteiger partial charge in [0.1, 0.15) is 29.5 Å². The molecule has 0 bridgehead atoms. The molecular formula is C23H26FN3O6. The molecule has 0 aliphatic carbocycles. The van der Waals surface area contributed by atoms with Gasteiger partial charge in [0.15, 0.2) is 0 Å². The van der Waals surface area contributed by atoms with Crippen LogP contribution in [0.5, 0.6) is 11.5 Å². The zero-order valence-corrected chi connectivity index (χ0v) is 18.4. The second-order valence-electron chi connectivity index (χ2n) is 8.25. The van der Waals surface area contributed by atoms with Crippen LogP contribution in [0.4, 0.5) is 10.1 Å². The normalized spacial score (nSPS) is 15.2. The van der Waals surface area contributed by atoms with Crippen molar-refractivity contribution in [1.29, 1.82) is 0 Å². The molecule has 1 saturated heterocycles. The number of carbonyl (C=O) groups is 2. The molecule has 3 rings (SSSR count). The number of hydrogen-bond donors (Lipinski definition) is 2. The molecule has 2 aromatic carbocycles. The highest BCUT2D eigenvalue weighted by Crippen LogP contribution is 2.24. The average molecular weight is 459 g/mol. The summed E-state index contributed by atoms with van der Waals surface area (Å²) in [4.78, 5) is 37.6. The van der Waals surface area contributed by atoms with Gasteiger partial charge < -0.3 is 20.1 Å². The smallest absolute Gasteiger partial charge is 0.273 e. The predicted molar refractivity (Wildman–Crippen MR) is 117 cm³/mol. The van der Waals surface area contributed by atoms with Gasteiger partial charge in [0, 0.05) is 32.0 Å². The van der Waals surface area contributed by atoms with E-state index in [0.29, 0.717) is 31.7 Å². The van der Waals surface area contributed by atoms with Crippen LogP contribution in [0.15, 0.2) is 42.5 Å². The van der Waals surface area contributed by atoms with Crippen molar-refractivity contribution in [3.05, 3.63) is 64.0 Å². The van der Waals surface area contributed by atoms with E-state index in [4.69, 9.17) is 4.74 Å². The number of piperidine rings is 1. The standard InChI is InChI=1S/C23H26FN3O6/c1-14(2)21(25-22(29)19-8-5-16(27(31)32)13-20(19)28)23(30)26-11-9-18(10-12-26)33-17-6-3-15(24)4-7-17/h3-8,13-14,18,21,28H,9-12H2,1-2H3,(H,25,29)/t21-/m0/s1. The molecule has 0 unspecified atom stereocenters. The third kappa shape index (κ3) is 5.97. The third-order valence-corrected chi connectivity index (χ3v) is 5.53. The predicted octanol–water partition coefficient (Wildman–Crippen LogP) is 3.26. The van der Waals surface area contributed by atoms with Gasteiger partial charge in [-0.25, -0.2) is 4.39 Å². The van der Waals surface area contributed by atoms with Gasteiger partial charge in [0.25, 0.3) is 11.6 Å². The minimum atomic E-state index is -0.832. The monoisotopic (exact) mass is 459 g/mol. The molecule has 1 fully saturated rings. The summed E-state index contributed by atoms with van der Waals surface area (Å²) in [5.74, 6) is -1.47. The number of nitro groups is 1. The highest BCUT2D eigenvalue weighted by atomic mass is 19.1. The molecule has 2 N–H and O–H groups in total. The van der Waals surface area contributed by atoms with Crippen molar-refractivity contribution >= 4 is 17.5 Å². The summed E-state index contributed by atoms with van der Waals surface area (Å²) < 4.78 is 18.9. The molecule has 1 heterocycles. The van der Waals surface area contributed by atoms with Crippen molar-refractivity contribution < 1.29 is 28.7 Å². The van der Waals surface area contributed by atoms with Gasteiger partial charge in [-0.15, -0.1) is 0 Å². The Bertz CT molecular complexity index is 1020. The maximum absolute atomic E-state index is 13.1. The molecule has 1 aliphatic heterocycles. The quantitative estimate of drug-likeness (QED) is 0.484. The van der Waals surface area contributed by atoms with E-state index in [1.165, 1.54) is 12.1 Å². The Morgan fingerprint density at radius 2 is 1.82 bits per heavy atom. The first kappa shape index (κ1) is 24.0. The molecular weight excluding hydrogens is 433 g/mol. The Morgan fingerprint density at radius 1 is 1.18 bits per heavy atom. The van der Waals surface area contributed by atoms with E-state index < -0.39 is 22.6 Å². The van der Waals surface area contributed by atoms with Gasteiger partial charge in [0.2, 0.25) is 5.91 Å². The summed E-state index contributed by atoms with van der Waals surface area (Å²) in [6.45, 7) is 4.46. The molecule has 0 aromatic heterocycles. The molecule has 33 heavy (non-hydrogen) atoms. The zero-order chi connectivity index (χ0) is 24.1. The molecule has 2 amide bonds. The van der Waals surface area contributed by atoms with Crippen LogP contribution < -0.4 is 10.1 Å². The number of nitro benzene ring substituents is 1. The number of non-ortho nitro benzene ring substituents is 1. The molecule has 2 aromatic rings. The number of phenols is 1. The highest BCUT2D eigenvalue weighted by Gasteiger charge is 2.32. The van der Waals surface area contributed by atoms with Crippen LogP contribution in [0.25, 0.3) is 0 Å².